The molecule has 0 aliphatic rings. The molecule has 0 spiro atoms. The van der Waals surface area contributed by atoms with E-state index < -0.39 is 11.6 Å². The Bertz CT molecular complexity index is 384. The molecule has 0 fully saturated rings. The van der Waals surface area contributed by atoms with E-state index in [-0.39, 0.29) is 12.0 Å². The van der Waals surface area contributed by atoms with Crippen molar-refractivity contribution in [3.05, 3.63) is 35.4 Å². The fourth-order valence-corrected chi connectivity index (χ4v) is 2.15. The van der Waals surface area contributed by atoms with E-state index in [4.69, 9.17) is 4.74 Å². The second-order valence-corrected chi connectivity index (χ2v) is 4.83. The van der Waals surface area contributed by atoms with E-state index in [0.717, 1.165) is 25.5 Å². The molecule has 4 heteroatoms. The normalized spacial score (nSPS) is 14.4. The third kappa shape index (κ3) is 4.55. The first-order valence-electron chi connectivity index (χ1n) is 6.78. The van der Waals surface area contributed by atoms with Crippen LogP contribution in [0.15, 0.2) is 18.2 Å². The summed E-state index contributed by atoms with van der Waals surface area (Å²) in [5, 5.41) is 3.30. The molecule has 1 aromatic carbocycles. The van der Waals surface area contributed by atoms with Gasteiger partial charge in [-0.3, -0.25) is 0 Å². The van der Waals surface area contributed by atoms with Crippen molar-refractivity contribution >= 4 is 0 Å². The molecular weight excluding hydrogens is 248 g/mol. The van der Waals surface area contributed by atoms with Crippen LogP contribution >= 0.6 is 0 Å². The smallest absolute Gasteiger partial charge is 0.163 e. The molecule has 0 aromatic heterocycles. The van der Waals surface area contributed by atoms with E-state index in [1.807, 2.05) is 13.8 Å². The van der Waals surface area contributed by atoms with Gasteiger partial charge in [-0.05, 0) is 31.4 Å². The molecule has 1 N–H and O–H groups in total. The maximum atomic E-state index is 13.9. The van der Waals surface area contributed by atoms with Gasteiger partial charge in [0.05, 0.1) is 0 Å². The predicted molar refractivity (Wildman–Crippen MR) is 73.0 cm³/mol. The summed E-state index contributed by atoms with van der Waals surface area (Å²) in [5.74, 6) is -1.37. The third-order valence-corrected chi connectivity index (χ3v) is 3.28. The lowest BCUT2D eigenvalue weighted by Crippen LogP contribution is -2.29. The van der Waals surface area contributed by atoms with Crippen molar-refractivity contribution < 1.29 is 13.5 Å². The van der Waals surface area contributed by atoms with Gasteiger partial charge in [0.1, 0.15) is 0 Å². The first-order valence-corrected chi connectivity index (χ1v) is 6.78. The third-order valence-electron chi connectivity index (χ3n) is 3.28. The minimum absolute atomic E-state index is 0.169. The average Bonchev–Trinajstić information content (AvgIpc) is 2.41. The first-order chi connectivity index (χ1) is 9.11. The molecule has 0 aliphatic carbocycles. The van der Waals surface area contributed by atoms with E-state index in [1.54, 1.807) is 19.2 Å². The van der Waals surface area contributed by atoms with Crippen LogP contribution in [0.1, 0.15) is 38.3 Å². The van der Waals surface area contributed by atoms with Gasteiger partial charge in [-0.25, -0.2) is 8.78 Å². The quantitative estimate of drug-likeness (QED) is 0.778. The van der Waals surface area contributed by atoms with Gasteiger partial charge in [0.25, 0.3) is 0 Å². The van der Waals surface area contributed by atoms with Crippen LogP contribution in [0, 0.1) is 17.6 Å². The van der Waals surface area contributed by atoms with Gasteiger partial charge in [0.15, 0.2) is 11.6 Å². The van der Waals surface area contributed by atoms with Crippen LogP contribution in [-0.4, -0.2) is 20.3 Å². The zero-order valence-corrected chi connectivity index (χ0v) is 11.9. The zero-order chi connectivity index (χ0) is 14.3. The summed E-state index contributed by atoms with van der Waals surface area (Å²) in [6, 6.07) is 4.16. The fourth-order valence-electron chi connectivity index (χ4n) is 2.15. The molecule has 0 radical (unpaired) electrons. The Morgan fingerprint density at radius 1 is 1.32 bits per heavy atom. The molecule has 1 aromatic rings. The van der Waals surface area contributed by atoms with Crippen molar-refractivity contribution in [1.29, 1.82) is 0 Å². The largest absolute Gasteiger partial charge is 0.385 e. The van der Waals surface area contributed by atoms with Crippen LogP contribution in [0.3, 0.4) is 0 Å². The van der Waals surface area contributed by atoms with Gasteiger partial charge < -0.3 is 10.1 Å². The minimum atomic E-state index is -0.792. The predicted octanol–water partition coefficient (Wildman–Crippen LogP) is 3.68. The number of benzene rings is 1. The van der Waals surface area contributed by atoms with E-state index in [9.17, 15) is 8.78 Å². The maximum Gasteiger partial charge on any atom is 0.163 e. The number of nitrogens with one attached hydrogen (secondary N) is 1. The topological polar surface area (TPSA) is 21.3 Å². The van der Waals surface area contributed by atoms with Crippen LogP contribution < -0.4 is 5.32 Å². The summed E-state index contributed by atoms with van der Waals surface area (Å²) in [4.78, 5) is 0. The van der Waals surface area contributed by atoms with E-state index in [0.29, 0.717) is 12.2 Å². The Morgan fingerprint density at radius 2 is 2.05 bits per heavy atom. The van der Waals surface area contributed by atoms with Crippen molar-refractivity contribution in [2.24, 2.45) is 5.92 Å². The molecule has 2 nitrogen and oxygen atoms in total. The summed E-state index contributed by atoms with van der Waals surface area (Å²) in [7, 11) is 1.64. The molecule has 0 bridgehead atoms. The second kappa shape index (κ2) is 8.23. The van der Waals surface area contributed by atoms with Crippen molar-refractivity contribution in [2.45, 2.75) is 32.7 Å². The molecule has 2 unspecified atom stereocenters. The monoisotopic (exact) mass is 271 g/mol. The van der Waals surface area contributed by atoms with Crippen LogP contribution in [0.2, 0.25) is 0 Å². The zero-order valence-electron chi connectivity index (χ0n) is 11.9. The van der Waals surface area contributed by atoms with Gasteiger partial charge in [-0.15, -0.1) is 0 Å². The van der Waals surface area contributed by atoms with Gasteiger partial charge >= 0.3 is 0 Å². The Hall–Kier alpha value is -1.00. The van der Waals surface area contributed by atoms with Crippen molar-refractivity contribution in [3.63, 3.8) is 0 Å². The van der Waals surface area contributed by atoms with Crippen molar-refractivity contribution in [1.82, 2.24) is 5.32 Å². The SMILES string of the molecule is CCCNC(c1cccc(F)c1F)C(C)CCOC. The highest BCUT2D eigenvalue weighted by atomic mass is 19.2. The lowest BCUT2D eigenvalue weighted by Gasteiger charge is -2.26. The van der Waals surface area contributed by atoms with Crippen molar-refractivity contribution in [3.8, 4) is 0 Å². The fraction of sp³-hybridized carbons (Fsp3) is 0.600. The number of methoxy groups -OCH3 is 1. The van der Waals surface area contributed by atoms with Gasteiger partial charge in [0, 0.05) is 25.3 Å². The number of hydrogen-bond donors (Lipinski definition) is 1. The average molecular weight is 271 g/mol. The number of rotatable bonds is 8. The molecule has 0 heterocycles. The highest BCUT2D eigenvalue weighted by Crippen LogP contribution is 2.27. The molecule has 0 saturated heterocycles. The summed E-state index contributed by atoms with van der Waals surface area (Å²) >= 11 is 0. The van der Waals surface area contributed by atoms with E-state index in [1.165, 1.54) is 0 Å². The van der Waals surface area contributed by atoms with Gasteiger partial charge in [-0.1, -0.05) is 26.0 Å². The maximum absolute atomic E-state index is 13.9. The molecule has 108 valence electrons. The van der Waals surface area contributed by atoms with Gasteiger partial charge in [-0.2, -0.15) is 0 Å². The Morgan fingerprint density at radius 3 is 2.68 bits per heavy atom. The lowest BCUT2D eigenvalue weighted by molar-refractivity contribution is 0.169. The van der Waals surface area contributed by atoms with Crippen LogP contribution in [0.4, 0.5) is 8.78 Å². The number of hydrogen-bond acceptors (Lipinski definition) is 2. The summed E-state index contributed by atoms with van der Waals surface area (Å²) in [6.07, 6.45) is 1.75. The summed E-state index contributed by atoms with van der Waals surface area (Å²) < 4.78 is 32.3. The number of halogens is 2. The van der Waals surface area contributed by atoms with Gasteiger partial charge in [0.2, 0.25) is 0 Å². The summed E-state index contributed by atoms with van der Waals surface area (Å²) in [6.45, 7) is 5.46. The van der Waals surface area contributed by atoms with Crippen LogP contribution in [-0.2, 0) is 4.74 Å². The molecule has 0 aliphatic heterocycles. The molecule has 0 saturated carbocycles. The van der Waals surface area contributed by atoms with E-state index >= 15 is 0 Å². The van der Waals surface area contributed by atoms with Crippen molar-refractivity contribution in [2.75, 3.05) is 20.3 Å². The lowest BCUT2D eigenvalue weighted by atomic mass is 9.91. The Kier molecular flexibility index (Phi) is 6.95. The molecule has 19 heavy (non-hydrogen) atoms. The number of ether oxygens (including phenoxy) is 1. The second-order valence-electron chi connectivity index (χ2n) is 4.83. The molecule has 1 rings (SSSR count). The highest BCUT2D eigenvalue weighted by molar-refractivity contribution is 5.23. The van der Waals surface area contributed by atoms with Crippen LogP contribution in [0.5, 0.6) is 0 Å². The van der Waals surface area contributed by atoms with E-state index in [2.05, 4.69) is 5.32 Å². The Balaban J connectivity index is 2.91. The Labute approximate surface area is 114 Å². The minimum Gasteiger partial charge on any atom is -0.385 e. The standard InChI is InChI=1S/C15H23F2NO/c1-4-9-18-15(11(2)8-10-19-3)12-6-5-7-13(16)14(12)17/h5-7,11,15,18H,4,8-10H2,1-3H3. The molecular formula is C15H23F2NO. The van der Waals surface area contributed by atoms with Crippen LogP contribution in [0.25, 0.3) is 0 Å². The first kappa shape index (κ1) is 16.1. The molecule has 2 atom stereocenters. The highest BCUT2D eigenvalue weighted by Gasteiger charge is 2.23. The summed E-state index contributed by atoms with van der Waals surface area (Å²) in [5.41, 5.74) is 0.400. The molecule has 0 amide bonds.